The van der Waals surface area contributed by atoms with Crippen molar-refractivity contribution in [3.63, 3.8) is 0 Å². The van der Waals surface area contributed by atoms with Gasteiger partial charge < -0.3 is 15.0 Å². The number of hydrogen-bond donors (Lipinski definition) is 1. The van der Waals surface area contributed by atoms with Crippen molar-refractivity contribution in [2.75, 3.05) is 13.7 Å². The molecule has 0 spiro atoms. The van der Waals surface area contributed by atoms with Crippen LogP contribution in [0.15, 0.2) is 4.52 Å². The van der Waals surface area contributed by atoms with Gasteiger partial charge in [-0.3, -0.25) is 0 Å². The highest BCUT2D eigenvalue weighted by molar-refractivity contribution is 4.92. The van der Waals surface area contributed by atoms with Gasteiger partial charge in [0, 0.05) is 13.5 Å². The van der Waals surface area contributed by atoms with Crippen LogP contribution in [0.4, 0.5) is 0 Å². The fourth-order valence-electron chi connectivity index (χ4n) is 1.74. The maximum Gasteiger partial charge on any atom is 0.227 e. The van der Waals surface area contributed by atoms with Crippen LogP contribution >= 0.6 is 0 Å². The highest BCUT2D eigenvalue weighted by atomic mass is 16.5. The monoisotopic (exact) mass is 241 g/mol. The van der Waals surface area contributed by atoms with E-state index in [0.29, 0.717) is 24.2 Å². The van der Waals surface area contributed by atoms with Crippen LogP contribution in [0.2, 0.25) is 0 Å². The first-order valence-electron chi connectivity index (χ1n) is 6.30. The predicted octanol–water partition coefficient (Wildman–Crippen LogP) is 2.08. The number of nitrogens with two attached hydrogens (primary N) is 1. The number of ether oxygens (including phenoxy) is 1. The Balaban J connectivity index is 2.63. The van der Waals surface area contributed by atoms with Gasteiger partial charge in [-0.2, -0.15) is 4.98 Å². The fraction of sp³-hybridized carbons (Fsp3) is 0.833. The van der Waals surface area contributed by atoms with Gasteiger partial charge in [-0.05, 0) is 18.9 Å². The van der Waals surface area contributed by atoms with Crippen molar-refractivity contribution in [2.45, 2.75) is 45.6 Å². The second-order valence-corrected chi connectivity index (χ2v) is 4.27. The minimum Gasteiger partial charge on any atom is -0.373 e. The summed E-state index contributed by atoms with van der Waals surface area (Å²) in [6.07, 6.45) is 3.65. The van der Waals surface area contributed by atoms with Gasteiger partial charge in [-0.15, -0.1) is 0 Å². The Morgan fingerprint density at radius 2 is 2.18 bits per heavy atom. The van der Waals surface area contributed by atoms with E-state index in [1.807, 2.05) is 0 Å². The molecule has 5 nitrogen and oxygen atoms in total. The molecule has 17 heavy (non-hydrogen) atoms. The zero-order valence-electron chi connectivity index (χ0n) is 11.0. The number of methoxy groups -OCH3 is 1. The summed E-state index contributed by atoms with van der Waals surface area (Å²) in [6.45, 7) is 4.87. The van der Waals surface area contributed by atoms with E-state index in [1.165, 1.54) is 0 Å². The van der Waals surface area contributed by atoms with Crippen LogP contribution in [-0.2, 0) is 11.2 Å². The van der Waals surface area contributed by atoms with Crippen molar-refractivity contribution in [1.29, 1.82) is 0 Å². The maximum absolute atomic E-state index is 5.66. The number of aromatic nitrogens is 2. The molecule has 98 valence electrons. The predicted molar refractivity (Wildman–Crippen MR) is 65.5 cm³/mol. The van der Waals surface area contributed by atoms with Crippen LogP contribution in [0.3, 0.4) is 0 Å². The van der Waals surface area contributed by atoms with Gasteiger partial charge in [0.25, 0.3) is 0 Å². The van der Waals surface area contributed by atoms with Crippen molar-refractivity contribution in [2.24, 2.45) is 11.7 Å². The lowest BCUT2D eigenvalue weighted by atomic mass is 10.0. The molecule has 0 aliphatic carbocycles. The van der Waals surface area contributed by atoms with Gasteiger partial charge in [0.15, 0.2) is 0 Å². The minimum absolute atomic E-state index is 0.0598. The lowest BCUT2D eigenvalue weighted by Crippen LogP contribution is -2.16. The van der Waals surface area contributed by atoms with Crippen molar-refractivity contribution >= 4 is 0 Å². The molecule has 0 amide bonds. The summed E-state index contributed by atoms with van der Waals surface area (Å²) in [4.78, 5) is 4.38. The molecule has 2 N–H and O–H groups in total. The highest BCUT2D eigenvalue weighted by Gasteiger charge is 2.18. The highest BCUT2D eigenvalue weighted by Crippen LogP contribution is 2.20. The van der Waals surface area contributed by atoms with Gasteiger partial charge in [-0.1, -0.05) is 31.8 Å². The first kappa shape index (κ1) is 14.1. The third-order valence-corrected chi connectivity index (χ3v) is 2.98. The number of hydrogen-bond acceptors (Lipinski definition) is 5. The average Bonchev–Trinajstić information content (AvgIpc) is 2.81. The molecule has 0 saturated heterocycles. The summed E-state index contributed by atoms with van der Waals surface area (Å²) in [5.41, 5.74) is 5.66. The van der Waals surface area contributed by atoms with E-state index in [4.69, 9.17) is 15.0 Å². The molecule has 1 aromatic rings. The molecule has 0 aliphatic rings. The third-order valence-electron chi connectivity index (χ3n) is 2.98. The Kier molecular flexibility index (Phi) is 6.15. The molecule has 0 aromatic carbocycles. The molecule has 0 aliphatic heterocycles. The summed E-state index contributed by atoms with van der Waals surface area (Å²) in [6, 6.07) is 0. The van der Waals surface area contributed by atoms with Crippen LogP contribution in [0, 0.1) is 5.92 Å². The van der Waals surface area contributed by atoms with Crippen LogP contribution < -0.4 is 5.73 Å². The Bertz CT molecular complexity index is 310. The largest absolute Gasteiger partial charge is 0.373 e. The topological polar surface area (TPSA) is 74.2 Å². The summed E-state index contributed by atoms with van der Waals surface area (Å²) in [7, 11) is 1.67. The van der Waals surface area contributed by atoms with Crippen LogP contribution in [0.25, 0.3) is 0 Å². The van der Waals surface area contributed by atoms with Crippen molar-refractivity contribution in [3.8, 4) is 0 Å². The van der Waals surface area contributed by atoms with E-state index in [-0.39, 0.29) is 6.10 Å². The molecule has 0 fully saturated rings. The normalized spacial score (nSPS) is 14.8. The first-order valence-corrected chi connectivity index (χ1v) is 6.30. The van der Waals surface area contributed by atoms with Crippen molar-refractivity contribution < 1.29 is 9.26 Å². The molecule has 0 saturated carbocycles. The molecule has 0 bridgehead atoms. The Hall–Kier alpha value is -0.940. The second-order valence-electron chi connectivity index (χ2n) is 4.27. The Morgan fingerprint density at radius 3 is 2.71 bits per heavy atom. The fourth-order valence-corrected chi connectivity index (χ4v) is 1.74. The van der Waals surface area contributed by atoms with E-state index in [1.54, 1.807) is 7.11 Å². The van der Waals surface area contributed by atoms with E-state index < -0.39 is 0 Å². The van der Waals surface area contributed by atoms with E-state index in [9.17, 15) is 0 Å². The van der Waals surface area contributed by atoms with Gasteiger partial charge >= 0.3 is 0 Å². The Labute approximate surface area is 103 Å². The zero-order valence-corrected chi connectivity index (χ0v) is 11.0. The van der Waals surface area contributed by atoms with Gasteiger partial charge in [0.1, 0.15) is 6.10 Å². The second kappa shape index (κ2) is 7.40. The SMILES string of the molecule is CCCC(OC)c1noc(CC(CC)CN)n1. The lowest BCUT2D eigenvalue weighted by Gasteiger charge is -2.09. The number of rotatable bonds is 8. The molecular weight excluding hydrogens is 218 g/mol. The smallest absolute Gasteiger partial charge is 0.227 e. The summed E-state index contributed by atoms with van der Waals surface area (Å²) >= 11 is 0. The van der Waals surface area contributed by atoms with E-state index >= 15 is 0 Å². The first-order chi connectivity index (χ1) is 8.24. The zero-order chi connectivity index (χ0) is 12.7. The molecule has 0 radical (unpaired) electrons. The maximum atomic E-state index is 5.66. The summed E-state index contributed by atoms with van der Waals surface area (Å²) in [5.74, 6) is 1.72. The van der Waals surface area contributed by atoms with E-state index in [2.05, 4.69) is 24.0 Å². The summed E-state index contributed by atoms with van der Waals surface area (Å²) in [5, 5.41) is 3.98. The van der Waals surface area contributed by atoms with Gasteiger partial charge in [-0.25, -0.2) is 0 Å². The van der Waals surface area contributed by atoms with Crippen molar-refractivity contribution in [1.82, 2.24) is 10.1 Å². The minimum atomic E-state index is -0.0598. The van der Waals surface area contributed by atoms with E-state index in [0.717, 1.165) is 25.7 Å². The third kappa shape index (κ3) is 4.09. The molecule has 2 unspecified atom stereocenters. The van der Waals surface area contributed by atoms with Gasteiger partial charge in [0.05, 0.1) is 0 Å². The van der Waals surface area contributed by atoms with Crippen molar-refractivity contribution in [3.05, 3.63) is 11.7 Å². The summed E-state index contributed by atoms with van der Waals surface area (Å²) < 4.78 is 10.6. The Morgan fingerprint density at radius 1 is 1.41 bits per heavy atom. The standard InChI is InChI=1S/C12H23N3O2/c1-4-6-10(16-3)12-14-11(17-15-12)7-9(5-2)8-13/h9-10H,4-8,13H2,1-3H3. The molecular formula is C12H23N3O2. The lowest BCUT2D eigenvalue weighted by molar-refractivity contribution is 0.0854. The van der Waals surface area contributed by atoms with Gasteiger partial charge in [0.2, 0.25) is 11.7 Å². The molecule has 1 heterocycles. The quantitative estimate of drug-likeness (QED) is 0.754. The molecule has 5 heteroatoms. The van der Waals surface area contributed by atoms with Crippen LogP contribution in [-0.4, -0.2) is 23.8 Å². The molecule has 2 atom stereocenters. The molecule has 1 aromatic heterocycles. The number of nitrogens with zero attached hydrogens (tertiary/aromatic N) is 2. The van der Waals surface area contributed by atoms with Crippen LogP contribution in [0.5, 0.6) is 0 Å². The average molecular weight is 241 g/mol. The van der Waals surface area contributed by atoms with Crippen LogP contribution in [0.1, 0.15) is 50.9 Å². The molecule has 1 rings (SSSR count).